The SMILES string of the molecule is CCn1c(SCC(=O)N[C@H](C)C(C)C)nc2sc3c(c2c1=O)CCCC3. The van der Waals surface area contributed by atoms with Crippen molar-refractivity contribution in [1.82, 2.24) is 14.9 Å². The molecule has 5 nitrogen and oxygen atoms in total. The van der Waals surface area contributed by atoms with E-state index in [1.54, 1.807) is 15.9 Å². The lowest BCUT2D eigenvalue weighted by Gasteiger charge is -2.17. The quantitative estimate of drug-likeness (QED) is 0.601. The molecule has 0 spiro atoms. The number of carbonyl (C=O) groups excluding carboxylic acids is 1. The highest BCUT2D eigenvalue weighted by Crippen LogP contribution is 2.34. The summed E-state index contributed by atoms with van der Waals surface area (Å²) in [5.41, 5.74) is 1.27. The first-order valence-electron chi connectivity index (χ1n) is 9.39. The molecule has 2 aromatic heterocycles. The highest BCUT2D eigenvalue weighted by molar-refractivity contribution is 7.99. The molecular formula is C19H27N3O2S2. The normalized spacial score (nSPS) is 15.3. The van der Waals surface area contributed by atoms with Crippen molar-refractivity contribution in [3.05, 3.63) is 20.8 Å². The standard InChI is InChI=1S/C19H27N3O2S2/c1-5-22-18(24)16-13-8-6-7-9-14(13)26-17(16)21-19(22)25-10-15(23)20-12(4)11(2)3/h11-12H,5-10H2,1-4H3,(H,20,23)/t12-/m1/s1. The molecule has 1 N–H and O–H groups in total. The molecule has 26 heavy (non-hydrogen) atoms. The third-order valence-corrected chi connectivity index (χ3v) is 7.24. The fourth-order valence-electron chi connectivity index (χ4n) is 3.20. The Kier molecular flexibility index (Phi) is 6.07. The van der Waals surface area contributed by atoms with Crippen LogP contribution < -0.4 is 10.9 Å². The number of thioether (sulfide) groups is 1. The van der Waals surface area contributed by atoms with Gasteiger partial charge in [-0.1, -0.05) is 25.6 Å². The summed E-state index contributed by atoms with van der Waals surface area (Å²) < 4.78 is 1.72. The van der Waals surface area contributed by atoms with E-state index in [-0.39, 0.29) is 23.3 Å². The van der Waals surface area contributed by atoms with Gasteiger partial charge in [-0.05, 0) is 51.0 Å². The molecule has 3 rings (SSSR count). The second-order valence-electron chi connectivity index (χ2n) is 7.22. The predicted octanol–water partition coefficient (Wildman–Crippen LogP) is 3.61. The van der Waals surface area contributed by atoms with Gasteiger partial charge in [0.05, 0.1) is 11.1 Å². The van der Waals surface area contributed by atoms with E-state index in [0.717, 1.165) is 29.5 Å². The van der Waals surface area contributed by atoms with Crippen LogP contribution in [-0.2, 0) is 24.2 Å². The Hall–Kier alpha value is -1.34. The van der Waals surface area contributed by atoms with Crippen LogP contribution in [0.1, 0.15) is 51.0 Å². The molecule has 2 heterocycles. The average Bonchev–Trinajstić information content (AvgIpc) is 2.98. The lowest BCUT2D eigenvalue weighted by Crippen LogP contribution is -2.37. The lowest BCUT2D eigenvalue weighted by molar-refractivity contribution is -0.119. The van der Waals surface area contributed by atoms with Crippen molar-refractivity contribution in [1.29, 1.82) is 0 Å². The molecule has 0 unspecified atom stereocenters. The molecule has 142 valence electrons. The molecule has 7 heteroatoms. The van der Waals surface area contributed by atoms with Crippen LogP contribution in [0.4, 0.5) is 0 Å². The summed E-state index contributed by atoms with van der Waals surface area (Å²) in [5, 5.41) is 4.47. The van der Waals surface area contributed by atoms with E-state index in [1.807, 2.05) is 13.8 Å². The van der Waals surface area contributed by atoms with Crippen molar-refractivity contribution in [2.24, 2.45) is 5.92 Å². The monoisotopic (exact) mass is 393 g/mol. The van der Waals surface area contributed by atoms with Crippen LogP contribution in [0.2, 0.25) is 0 Å². The fraction of sp³-hybridized carbons (Fsp3) is 0.632. The van der Waals surface area contributed by atoms with Gasteiger partial charge in [-0.2, -0.15) is 0 Å². The maximum absolute atomic E-state index is 13.0. The van der Waals surface area contributed by atoms with Crippen LogP contribution in [0.3, 0.4) is 0 Å². The summed E-state index contributed by atoms with van der Waals surface area (Å²) in [7, 11) is 0. The number of aryl methyl sites for hydroxylation is 2. The zero-order valence-corrected chi connectivity index (χ0v) is 17.6. The fourth-order valence-corrected chi connectivity index (χ4v) is 5.38. The molecular weight excluding hydrogens is 366 g/mol. The second kappa shape index (κ2) is 8.13. The maximum atomic E-state index is 13.0. The smallest absolute Gasteiger partial charge is 0.263 e. The van der Waals surface area contributed by atoms with E-state index in [4.69, 9.17) is 4.98 Å². The topological polar surface area (TPSA) is 64.0 Å². The molecule has 1 atom stereocenters. The molecule has 1 amide bonds. The number of hydrogen-bond donors (Lipinski definition) is 1. The maximum Gasteiger partial charge on any atom is 0.263 e. The number of hydrogen-bond acceptors (Lipinski definition) is 5. The van der Waals surface area contributed by atoms with Gasteiger partial charge in [0.2, 0.25) is 5.91 Å². The number of nitrogens with one attached hydrogen (secondary N) is 1. The number of fused-ring (bicyclic) bond motifs is 3. The molecule has 0 fully saturated rings. The average molecular weight is 394 g/mol. The van der Waals surface area contributed by atoms with E-state index >= 15 is 0 Å². The van der Waals surface area contributed by atoms with Gasteiger partial charge in [0.25, 0.3) is 5.56 Å². The zero-order chi connectivity index (χ0) is 18.8. The Morgan fingerprint density at radius 2 is 2.04 bits per heavy atom. The number of thiophene rings is 1. The van der Waals surface area contributed by atoms with Crippen molar-refractivity contribution >= 4 is 39.2 Å². The van der Waals surface area contributed by atoms with Gasteiger partial charge < -0.3 is 5.32 Å². The van der Waals surface area contributed by atoms with E-state index in [2.05, 4.69) is 19.2 Å². The molecule has 0 radical (unpaired) electrons. The third-order valence-electron chi connectivity index (χ3n) is 5.08. The summed E-state index contributed by atoms with van der Waals surface area (Å²) in [6.45, 7) is 8.70. The minimum atomic E-state index is -0.0151. The van der Waals surface area contributed by atoms with Crippen molar-refractivity contribution in [3.63, 3.8) is 0 Å². The van der Waals surface area contributed by atoms with Crippen molar-refractivity contribution in [3.8, 4) is 0 Å². The largest absolute Gasteiger partial charge is 0.353 e. The minimum Gasteiger partial charge on any atom is -0.353 e. The van der Waals surface area contributed by atoms with E-state index in [0.29, 0.717) is 17.6 Å². The Morgan fingerprint density at radius 3 is 2.73 bits per heavy atom. The van der Waals surface area contributed by atoms with Gasteiger partial charge in [-0.25, -0.2) is 4.98 Å². The Balaban J connectivity index is 1.87. The lowest BCUT2D eigenvalue weighted by atomic mass is 9.97. The number of nitrogens with zero attached hydrogens (tertiary/aromatic N) is 2. The molecule has 0 aliphatic heterocycles. The summed E-state index contributed by atoms with van der Waals surface area (Å²) >= 11 is 3.01. The van der Waals surface area contributed by atoms with Crippen molar-refractivity contribution < 1.29 is 4.79 Å². The van der Waals surface area contributed by atoms with Crippen LogP contribution in [0.15, 0.2) is 9.95 Å². The molecule has 0 saturated carbocycles. The van der Waals surface area contributed by atoms with Crippen LogP contribution >= 0.6 is 23.1 Å². The summed E-state index contributed by atoms with van der Waals surface area (Å²) in [5.74, 6) is 0.656. The molecule has 2 aromatic rings. The molecule has 0 aromatic carbocycles. The van der Waals surface area contributed by atoms with Crippen LogP contribution in [-0.4, -0.2) is 27.3 Å². The van der Waals surface area contributed by atoms with Gasteiger partial charge in [0.15, 0.2) is 5.16 Å². The Bertz CT molecular complexity index is 870. The van der Waals surface area contributed by atoms with Gasteiger partial charge >= 0.3 is 0 Å². The van der Waals surface area contributed by atoms with Crippen LogP contribution in [0, 0.1) is 5.92 Å². The highest BCUT2D eigenvalue weighted by Gasteiger charge is 2.22. The summed E-state index contributed by atoms with van der Waals surface area (Å²) in [6.07, 6.45) is 4.38. The van der Waals surface area contributed by atoms with Gasteiger partial charge in [-0.3, -0.25) is 14.2 Å². The predicted molar refractivity (Wildman–Crippen MR) is 109 cm³/mol. The number of amides is 1. The highest BCUT2D eigenvalue weighted by atomic mass is 32.2. The molecule has 1 aliphatic carbocycles. The second-order valence-corrected chi connectivity index (χ2v) is 9.25. The Morgan fingerprint density at radius 1 is 1.31 bits per heavy atom. The van der Waals surface area contributed by atoms with E-state index < -0.39 is 0 Å². The Labute approximate surface area is 162 Å². The van der Waals surface area contributed by atoms with Gasteiger partial charge in [0.1, 0.15) is 4.83 Å². The molecule has 0 bridgehead atoms. The molecule has 0 saturated heterocycles. The van der Waals surface area contributed by atoms with Crippen LogP contribution in [0.5, 0.6) is 0 Å². The van der Waals surface area contributed by atoms with Crippen molar-refractivity contribution in [2.75, 3.05) is 5.75 Å². The van der Waals surface area contributed by atoms with Gasteiger partial charge in [-0.15, -0.1) is 11.3 Å². The summed E-state index contributed by atoms with van der Waals surface area (Å²) in [6, 6.07) is 0.135. The van der Waals surface area contributed by atoms with Crippen molar-refractivity contribution in [2.45, 2.75) is 71.1 Å². The first kappa shape index (κ1) is 19.4. The number of aromatic nitrogens is 2. The van der Waals surface area contributed by atoms with E-state index in [1.165, 1.54) is 28.6 Å². The summed E-state index contributed by atoms with van der Waals surface area (Å²) in [4.78, 5) is 32.2. The first-order valence-corrected chi connectivity index (χ1v) is 11.2. The third kappa shape index (κ3) is 3.83. The van der Waals surface area contributed by atoms with Gasteiger partial charge in [0, 0.05) is 17.5 Å². The molecule has 1 aliphatic rings. The number of carbonyl (C=O) groups is 1. The van der Waals surface area contributed by atoms with Crippen LogP contribution in [0.25, 0.3) is 10.2 Å². The number of rotatable bonds is 6. The zero-order valence-electron chi connectivity index (χ0n) is 15.9. The first-order chi connectivity index (χ1) is 12.4. The van der Waals surface area contributed by atoms with E-state index in [9.17, 15) is 9.59 Å². The minimum absolute atomic E-state index is 0.0151.